The first-order valence-corrected chi connectivity index (χ1v) is 17.3. The third-order valence-electron chi connectivity index (χ3n) is 9.78. The van der Waals surface area contributed by atoms with Gasteiger partial charge in [-0.1, -0.05) is 66.2 Å². The van der Waals surface area contributed by atoms with Crippen LogP contribution in [-0.2, 0) is 21.2 Å². The van der Waals surface area contributed by atoms with E-state index >= 15 is 0 Å². The summed E-state index contributed by atoms with van der Waals surface area (Å²) in [4.78, 5) is 32.6. The second kappa shape index (κ2) is 12.2. The van der Waals surface area contributed by atoms with Crippen LogP contribution < -0.4 is 5.32 Å². The first kappa shape index (κ1) is 30.0. The molecule has 9 heteroatoms. The molecule has 7 nitrogen and oxygen atoms in total. The van der Waals surface area contributed by atoms with E-state index in [4.69, 9.17) is 11.6 Å². The molecule has 3 aliphatic rings. The average molecular weight is 620 g/mol. The Balaban J connectivity index is 1.20. The molecule has 3 saturated heterocycles. The highest BCUT2D eigenvalue weighted by atomic mass is 35.5. The molecule has 3 atom stereocenters. The number of piperidine rings is 1. The standard InChI is InChI=1S/C34H38ClN3O4S/c1-43(41,42)26-13-11-24(12-14-26)23-38-20-17-34(33(38)40)15-18-37(19-16-34)31(32(39)27-9-5-6-10-30(27)35)29-22-36-21-28(29)25-7-3-2-4-8-25/h2-14,28-29,31,36H,15-23H2,1H3/t28-,29-,31?/m1/s1. The van der Waals surface area contributed by atoms with E-state index in [1.54, 1.807) is 30.3 Å². The van der Waals surface area contributed by atoms with Crippen molar-refractivity contribution < 1.29 is 18.0 Å². The van der Waals surface area contributed by atoms with Crippen LogP contribution in [0.2, 0.25) is 5.02 Å². The zero-order valence-corrected chi connectivity index (χ0v) is 26.0. The third-order valence-corrected chi connectivity index (χ3v) is 11.2. The minimum Gasteiger partial charge on any atom is -0.338 e. The van der Waals surface area contributed by atoms with Crippen molar-refractivity contribution in [3.8, 4) is 0 Å². The number of halogens is 1. The van der Waals surface area contributed by atoms with Crippen molar-refractivity contribution >= 4 is 33.1 Å². The van der Waals surface area contributed by atoms with E-state index in [0.29, 0.717) is 49.6 Å². The number of nitrogens with zero attached hydrogens (tertiary/aromatic N) is 2. The van der Waals surface area contributed by atoms with Gasteiger partial charge in [-0.25, -0.2) is 8.42 Å². The van der Waals surface area contributed by atoms with E-state index in [1.165, 1.54) is 11.8 Å². The van der Waals surface area contributed by atoms with Crippen LogP contribution in [0.4, 0.5) is 0 Å². The highest BCUT2D eigenvalue weighted by Gasteiger charge is 2.51. The zero-order chi connectivity index (χ0) is 30.2. The van der Waals surface area contributed by atoms with Crippen molar-refractivity contribution in [3.63, 3.8) is 0 Å². The molecular weight excluding hydrogens is 582 g/mol. The molecule has 1 spiro atoms. The number of carbonyl (C=O) groups is 2. The van der Waals surface area contributed by atoms with E-state index < -0.39 is 15.3 Å². The Kier molecular flexibility index (Phi) is 8.48. The summed E-state index contributed by atoms with van der Waals surface area (Å²) in [5.74, 6) is 0.489. The Hall–Kier alpha value is -3.04. The number of benzene rings is 3. The van der Waals surface area contributed by atoms with Gasteiger partial charge < -0.3 is 10.2 Å². The Morgan fingerprint density at radius 1 is 0.930 bits per heavy atom. The summed E-state index contributed by atoms with van der Waals surface area (Å²) in [5, 5.41) is 4.02. The minimum absolute atomic E-state index is 0.0492. The Morgan fingerprint density at radius 2 is 1.58 bits per heavy atom. The maximum atomic E-state index is 14.3. The van der Waals surface area contributed by atoms with Crippen LogP contribution in [-0.4, -0.2) is 74.9 Å². The fourth-order valence-corrected chi connectivity index (χ4v) is 8.21. The molecule has 226 valence electrons. The summed E-state index contributed by atoms with van der Waals surface area (Å²) in [5.41, 5.74) is 2.28. The Bertz CT molecular complexity index is 1590. The predicted octanol–water partition coefficient (Wildman–Crippen LogP) is 4.81. The van der Waals surface area contributed by atoms with Crippen molar-refractivity contribution in [2.75, 3.05) is 39.0 Å². The summed E-state index contributed by atoms with van der Waals surface area (Å²) < 4.78 is 23.7. The summed E-state index contributed by atoms with van der Waals surface area (Å²) >= 11 is 6.56. The number of sulfone groups is 1. The van der Waals surface area contributed by atoms with Gasteiger partial charge in [0.15, 0.2) is 15.6 Å². The van der Waals surface area contributed by atoms with Gasteiger partial charge in [0.2, 0.25) is 5.91 Å². The lowest BCUT2D eigenvalue weighted by atomic mass is 9.74. The van der Waals surface area contributed by atoms with Gasteiger partial charge in [-0.05, 0) is 67.7 Å². The van der Waals surface area contributed by atoms with Crippen LogP contribution in [0, 0.1) is 11.3 Å². The lowest BCUT2D eigenvalue weighted by Gasteiger charge is -2.43. The van der Waals surface area contributed by atoms with Crippen molar-refractivity contribution in [1.29, 1.82) is 0 Å². The maximum absolute atomic E-state index is 14.3. The number of amides is 1. The van der Waals surface area contributed by atoms with Crippen LogP contribution in [0.3, 0.4) is 0 Å². The molecule has 3 heterocycles. The summed E-state index contributed by atoms with van der Waals surface area (Å²) in [6, 6.07) is 24.2. The number of nitrogens with one attached hydrogen (secondary N) is 1. The molecule has 1 N–H and O–H groups in total. The monoisotopic (exact) mass is 619 g/mol. The molecule has 0 radical (unpaired) electrons. The lowest BCUT2D eigenvalue weighted by Crippen LogP contribution is -2.54. The SMILES string of the molecule is CS(=O)(=O)c1ccc(CN2CCC3(CCN(C(C(=O)c4ccccc4Cl)[C@@H]4CNC[C@@H]4c4ccccc4)CC3)C2=O)cc1. The third kappa shape index (κ3) is 6.03. The molecule has 0 aliphatic carbocycles. The van der Waals surface area contributed by atoms with E-state index in [9.17, 15) is 18.0 Å². The van der Waals surface area contributed by atoms with E-state index in [2.05, 4.69) is 34.5 Å². The van der Waals surface area contributed by atoms with Gasteiger partial charge in [0.1, 0.15) is 0 Å². The lowest BCUT2D eigenvalue weighted by molar-refractivity contribution is -0.139. The predicted molar refractivity (Wildman–Crippen MR) is 168 cm³/mol. The van der Waals surface area contributed by atoms with Gasteiger partial charge >= 0.3 is 0 Å². The molecule has 3 aliphatic heterocycles. The van der Waals surface area contributed by atoms with E-state index in [-0.39, 0.29) is 34.5 Å². The van der Waals surface area contributed by atoms with Crippen LogP contribution in [0.1, 0.15) is 46.7 Å². The number of hydrogen-bond donors (Lipinski definition) is 1. The van der Waals surface area contributed by atoms with Gasteiger partial charge in [0.25, 0.3) is 0 Å². The molecular formula is C34H38ClN3O4S. The molecule has 1 unspecified atom stereocenters. The van der Waals surface area contributed by atoms with Gasteiger partial charge in [-0.2, -0.15) is 0 Å². The highest BCUT2D eigenvalue weighted by molar-refractivity contribution is 7.90. The molecule has 43 heavy (non-hydrogen) atoms. The topological polar surface area (TPSA) is 86.8 Å². The number of carbonyl (C=O) groups excluding carboxylic acids is 2. The van der Waals surface area contributed by atoms with Crippen molar-refractivity contribution in [3.05, 3.63) is 101 Å². The number of rotatable bonds is 8. The smallest absolute Gasteiger partial charge is 0.229 e. The number of hydrogen-bond acceptors (Lipinski definition) is 6. The molecule has 0 bridgehead atoms. The molecule has 6 rings (SSSR count). The van der Waals surface area contributed by atoms with Crippen LogP contribution in [0.15, 0.2) is 83.8 Å². The first-order valence-electron chi connectivity index (χ1n) is 15.0. The fourth-order valence-electron chi connectivity index (χ4n) is 7.35. The Labute approximate surface area is 259 Å². The number of Topliss-reactive ketones (excluding diaryl/α,β-unsaturated/α-hetero) is 1. The first-order chi connectivity index (χ1) is 20.7. The molecule has 0 saturated carbocycles. The highest BCUT2D eigenvalue weighted by Crippen LogP contribution is 2.44. The molecule has 1 amide bonds. The molecule has 3 aromatic carbocycles. The second-order valence-electron chi connectivity index (χ2n) is 12.3. The second-order valence-corrected chi connectivity index (χ2v) is 14.8. The largest absolute Gasteiger partial charge is 0.338 e. The number of likely N-dealkylation sites (tertiary alicyclic amines) is 2. The van der Waals surface area contributed by atoms with Gasteiger partial charge in [-0.3, -0.25) is 14.5 Å². The zero-order valence-electron chi connectivity index (χ0n) is 24.4. The molecule has 3 aromatic rings. The van der Waals surface area contributed by atoms with Crippen molar-refractivity contribution in [1.82, 2.24) is 15.1 Å². The fraction of sp³-hybridized carbons (Fsp3) is 0.412. The van der Waals surface area contributed by atoms with Crippen molar-refractivity contribution in [2.45, 2.75) is 42.7 Å². The van der Waals surface area contributed by atoms with E-state index in [0.717, 1.165) is 25.1 Å². The summed E-state index contributed by atoms with van der Waals surface area (Å²) in [6.45, 7) is 4.04. The van der Waals surface area contributed by atoms with Crippen LogP contribution >= 0.6 is 11.6 Å². The average Bonchev–Trinajstić information content (AvgIpc) is 3.60. The van der Waals surface area contributed by atoms with Gasteiger partial charge in [0, 0.05) is 49.8 Å². The normalized spacial score (nSPS) is 23.1. The van der Waals surface area contributed by atoms with E-state index in [1.807, 2.05) is 29.2 Å². The Morgan fingerprint density at radius 3 is 2.26 bits per heavy atom. The maximum Gasteiger partial charge on any atom is 0.229 e. The van der Waals surface area contributed by atoms with Crippen LogP contribution in [0.25, 0.3) is 0 Å². The summed E-state index contributed by atoms with van der Waals surface area (Å²) in [6.07, 6.45) is 3.40. The van der Waals surface area contributed by atoms with Crippen LogP contribution in [0.5, 0.6) is 0 Å². The molecule has 0 aromatic heterocycles. The van der Waals surface area contributed by atoms with Crippen molar-refractivity contribution in [2.24, 2.45) is 11.3 Å². The number of ketones is 1. The quantitative estimate of drug-likeness (QED) is 0.364. The minimum atomic E-state index is -3.26. The van der Waals surface area contributed by atoms with Gasteiger partial charge in [-0.15, -0.1) is 0 Å². The molecule has 3 fully saturated rings. The summed E-state index contributed by atoms with van der Waals surface area (Å²) in [7, 11) is -3.26. The van der Waals surface area contributed by atoms with Gasteiger partial charge in [0.05, 0.1) is 21.4 Å².